The van der Waals surface area contributed by atoms with Crippen molar-refractivity contribution >= 4 is 47.1 Å². The van der Waals surface area contributed by atoms with Gasteiger partial charge in [0.1, 0.15) is 0 Å². The molecule has 1 heterocycles. The van der Waals surface area contributed by atoms with E-state index < -0.39 is 19.6 Å². The first kappa shape index (κ1) is 21.5. The van der Waals surface area contributed by atoms with Crippen molar-refractivity contribution in [2.75, 3.05) is 6.54 Å². The van der Waals surface area contributed by atoms with Gasteiger partial charge >= 0.3 is 0 Å². The van der Waals surface area contributed by atoms with Crippen LogP contribution in [-0.2, 0) is 11.3 Å². The van der Waals surface area contributed by atoms with Crippen molar-refractivity contribution in [2.24, 2.45) is 0 Å². The van der Waals surface area contributed by atoms with Crippen LogP contribution >= 0.6 is 27.5 Å². The summed E-state index contributed by atoms with van der Waals surface area (Å²) in [5.74, 6) is 0.873. The van der Waals surface area contributed by atoms with Crippen LogP contribution < -0.4 is 9.15 Å². The third-order valence-electron chi connectivity index (χ3n) is 3.26. The fourth-order valence-corrected chi connectivity index (χ4v) is 4.08. The second-order valence-corrected chi connectivity index (χ2v) is 13.3. The second kappa shape index (κ2) is 8.90. The Kier molecular flexibility index (Phi) is 7.34. The van der Waals surface area contributed by atoms with Crippen molar-refractivity contribution < 1.29 is 22.7 Å². The molecule has 26 heavy (non-hydrogen) atoms. The van der Waals surface area contributed by atoms with E-state index in [1.54, 1.807) is 24.3 Å². The van der Waals surface area contributed by atoms with Gasteiger partial charge < -0.3 is 18.5 Å². The summed E-state index contributed by atoms with van der Waals surface area (Å²) >= 11 is 7.20. The average molecular weight is 482 g/mol. The van der Waals surface area contributed by atoms with Gasteiger partial charge in [0.2, 0.25) is 14.1 Å². The number of furan rings is 1. The van der Waals surface area contributed by atoms with Crippen LogP contribution in [0.15, 0.2) is 28.7 Å². The minimum Gasteiger partial charge on any atom is -0.760 e. The van der Waals surface area contributed by atoms with Crippen LogP contribution in [0.4, 0.5) is 0 Å². The summed E-state index contributed by atoms with van der Waals surface area (Å²) in [5, 5.41) is 11.2. The molecule has 0 aliphatic carbocycles. The molecule has 2 unspecified atom stereocenters. The van der Waals surface area contributed by atoms with Gasteiger partial charge in [0.15, 0.2) is 17.3 Å². The maximum absolute atomic E-state index is 10.7. The first-order valence-electron chi connectivity index (χ1n) is 7.86. The lowest BCUT2D eigenvalue weighted by atomic mass is 10.1. The van der Waals surface area contributed by atoms with Gasteiger partial charge in [0.05, 0.1) is 4.83 Å². The Morgan fingerprint density at radius 1 is 1.46 bits per heavy atom. The molecule has 2 atom stereocenters. The molecule has 2 aromatic rings. The zero-order chi connectivity index (χ0) is 19.5. The highest BCUT2D eigenvalue weighted by Gasteiger charge is 2.30. The van der Waals surface area contributed by atoms with E-state index in [1.807, 2.05) is 19.6 Å². The van der Waals surface area contributed by atoms with Crippen LogP contribution in [0.5, 0.6) is 11.5 Å². The van der Waals surface area contributed by atoms with Crippen molar-refractivity contribution in [3.05, 3.63) is 35.0 Å². The van der Waals surface area contributed by atoms with Crippen LogP contribution in [-0.4, -0.2) is 28.7 Å². The van der Waals surface area contributed by atoms with Gasteiger partial charge in [0.25, 0.3) is 0 Å². The smallest absolute Gasteiger partial charge is 0.242 e. The Morgan fingerprint density at radius 3 is 2.73 bits per heavy atom. The predicted octanol–water partition coefficient (Wildman–Crippen LogP) is 4.73. The van der Waals surface area contributed by atoms with E-state index >= 15 is 0 Å². The highest BCUT2D eigenvalue weighted by atomic mass is 79.9. The number of aromatic hydroxyl groups is 1. The van der Waals surface area contributed by atoms with Crippen molar-refractivity contribution in [3.8, 4) is 22.8 Å². The summed E-state index contributed by atoms with van der Waals surface area (Å²) in [4.78, 5) is -0.344. The zero-order valence-corrected chi connectivity index (χ0v) is 18.7. The minimum absolute atomic E-state index is 0.0884. The molecular formula is C16H20BrClNO5SSi-. The summed E-state index contributed by atoms with van der Waals surface area (Å²) in [6.45, 7) is 6.20. The first-order valence-corrected chi connectivity index (χ1v) is 13.6. The van der Waals surface area contributed by atoms with Gasteiger partial charge in [-0.15, -0.1) is 0 Å². The first-order chi connectivity index (χ1) is 12.1. The van der Waals surface area contributed by atoms with Gasteiger partial charge in [-0.1, -0.05) is 39.7 Å². The Bertz CT molecular complexity index is 795. The Labute approximate surface area is 169 Å². The van der Waals surface area contributed by atoms with E-state index in [-0.39, 0.29) is 28.6 Å². The molecule has 0 saturated heterocycles. The molecule has 144 valence electrons. The van der Waals surface area contributed by atoms with E-state index in [9.17, 15) is 13.9 Å². The molecule has 2 rings (SSSR count). The maximum atomic E-state index is 10.7. The highest BCUT2D eigenvalue weighted by Crippen LogP contribution is 2.49. The highest BCUT2D eigenvalue weighted by molar-refractivity contribution is 9.09. The van der Waals surface area contributed by atoms with Crippen LogP contribution in [0.25, 0.3) is 11.3 Å². The van der Waals surface area contributed by atoms with E-state index in [0.717, 1.165) is 0 Å². The number of halogens is 2. The number of hydrogen-bond donors (Lipinski definition) is 2. The van der Waals surface area contributed by atoms with Crippen molar-refractivity contribution in [1.82, 2.24) is 4.72 Å². The molecule has 0 aliphatic rings. The lowest BCUT2D eigenvalue weighted by Crippen LogP contribution is -2.29. The number of benzene rings is 1. The maximum Gasteiger partial charge on any atom is 0.242 e. The van der Waals surface area contributed by atoms with Gasteiger partial charge in [-0.3, -0.25) is 4.21 Å². The predicted molar refractivity (Wildman–Crippen MR) is 108 cm³/mol. The van der Waals surface area contributed by atoms with Gasteiger partial charge in [-0.2, -0.15) is 0 Å². The monoisotopic (exact) mass is 480 g/mol. The molecule has 1 aromatic heterocycles. The third-order valence-corrected chi connectivity index (χ3v) is 5.63. The van der Waals surface area contributed by atoms with Crippen molar-refractivity contribution in [2.45, 2.75) is 30.9 Å². The number of alkyl halides is 1. The quantitative estimate of drug-likeness (QED) is 0.323. The standard InChI is InChI=1S/C16H21BrClNO5SSi/c1-26(2,3)24-16-13(20)14(10-5-4-6-11(18)9-10)23-15(16)12(17)7-8-19-25(21)22/h4-6,9,12,19-20H,7-8H2,1-3H3,(H,21,22)/p-1. The van der Waals surface area contributed by atoms with Crippen molar-refractivity contribution in [3.63, 3.8) is 0 Å². The zero-order valence-electron chi connectivity index (χ0n) is 14.5. The summed E-state index contributed by atoms with van der Waals surface area (Å²) < 4.78 is 35.5. The van der Waals surface area contributed by atoms with Crippen LogP contribution in [0.3, 0.4) is 0 Å². The Hall–Kier alpha value is -0.843. The third kappa shape index (κ3) is 5.83. The molecule has 1 aromatic carbocycles. The minimum atomic E-state index is -2.33. The molecule has 0 aliphatic heterocycles. The van der Waals surface area contributed by atoms with Gasteiger partial charge in [0, 0.05) is 28.4 Å². The summed E-state index contributed by atoms with van der Waals surface area (Å²) in [5.41, 5.74) is 0.625. The topological polar surface area (TPSA) is 94.8 Å². The lowest BCUT2D eigenvalue weighted by Gasteiger charge is -2.20. The Balaban J connectivity index is 2.41. The van der Waals surface area contributed by atoms with Crippen LogP contribution in [0, 0.1) is 0 Å². The fraction of sp³-hybridized carbons (Fsp3) is 0.375. The molecule has 10 heteroatoms. The van der Waals surface area contributed by atoms with Crippen LogP contribution in [0.2, 0.25) is 24.7 Å². The number of nitrogens with one attached hydrogen (secondary N) is 1. The van der Waals surface area contributed by atoms with E-state index in [4.69, 9.17) is 20.4 Å². The molecule has 0 spiro atoms. The summed E-state index contributed by atoms with van der Waals surface area (Å²) in [6, 6.07) is 6.95. The fourth-order valence-electron chi connectivity index (χ4n) is 2.26. The molecule has 0 amide bonds. The Morgan fingerprint density at radius 2 is 2.15 bits per heavy atom. The number of hydrogen-bond acceptors (Lipinski definition) is 5. The number of rotatable bonds is 8. The average Bonchev–Trinajstić information content (AvgIpc) is 2.82. The lowest BCUT2D eigenvalue weighted by molar-refractivity contribution is 0.438. The molecule has 0 bridgehead atoms. The second-order valence-electron chi connectivity index (χ2n) is 6.58. The summed E-state index contributed by atoms with van der Waals surface area (Å²) in [6.07, 6.45) is 0.415. The van der Waals surface area contributed by atoms with E-state index in [1.165, 1.54) is 0 Å². The molecule has 6 nitrogen and oxygen atoms in total. The molecule has 0 saturated carbocycles. The molecule has 0 fully saturated rings. The molecule has 2 N–H and O–H groups in total. The van der Waals surface area contributed by atoms with Crippen LogP contribution in [0.1, 0.15) is 17.0 Å². The van der Waals surface area contributed by atoms with Crippen molar-refractivity contribution in [1.29, 1.82) is 0 Å². The van der Waals surface area contributed by atoms with Gasteiger partial charge in [-0.05, 0) is 38.2 Å². The normalized spacial score (nSPS) is 14.2. The molecular weight excluding hydrogens is 462 g/mol. The SMILES string of the molecule is C[Si](C)(C)Oc1c(C(Br)CCNS(=O)[O-])oc(-c2cccc(Cl)c2)c1O. The van der Waals surface area contributed by atoms with Gasteiger partial charge in [-0.25, -0.2) is 4.72 Å². The largest absolute Gasteiger partial charge is 0.760 e. The summed E-state index contributed by atoms with van der Waals surface area (Å²) in [7, 11) is -2.04. The van der Waals surface area contributed by atoms with E-state index in [2.05, 4.69) is 20.7 Å². The molecule has 0 radical (unpaired) electrons. The van der Waals surface area contributed by atoms with E-state index in [0.29, 0.717) is 22.8 Å².